The number of ether oxygens (including phenoxy) is 1. The first-order chi connectivity index (χ1) is 8.63. The second-order valence-electron chi connectivity index (χ2n) is 3.73. The summed E-state index contributed by atoms with van der Waals surface area (Å²) in [6, 6.07) is 9.67. The van der Waals surface area contributed by atoms with Gasteiger partial charge in [-0.25, -0.2) is 0 Å². The maximum atomic E-state index is 9.17. The number of aryl methyl sites for hydroxylation is 1. The van der Waals surface area contributed by atoms with Gasteiger partial charge in [0, 0.05) is 0 Å². The Labute approximate surface area is 119 Å². The van der Waals surface area contributed by atoms with Crippen molar-refractivity contribution in [3.63, 3.8) is 0 Å². The summed E-state index contributed by atoms with van der Waals surface area (Å²) in [5, 5.41) is 17.1. The fraction of sp³-hybridized carbons (Fsp3) is 0.154. The highest BCUT2D eigenvalue weighted by Crippen LogP contribution is 2.28. The molecule has 0 saturated carbocycles. The third-order valence-corrected chi connectivity index (χ3v) is 3.47. The van der Waals surface area contributed by atoms with Crippen molar-refractivity contribution in [1.29, 1.82) is 5.26 Å². The first-order valence-electron chi connectivity index (χ1n) is 5.30. The smallest absolute Gasteiger partial charge is 0.257 e. The van der Waals surface area contributed by atoms with Crippen molar-refractivity contribution in [2.45, 2.75) is 13.8 Å². The van der Waals surface area contributed by atoms with Gasteiger partial charge in [0.1, 0.15) is 17.4 Å². The Kier molecular flexibility index (Phi) is 3.77. The van der Waals surface area contributed by atoms with E-state index in [2.05, 4.69) is 38.9 Å². The van der Waals surface area contributed by atoms with Gasteiger partial charge in [0.05, 0.1) is 9.26 Å². The molecule has 1 aromatic carbocycles. The minimum Gasteiger partial charge on any atom is -0.435 e. The number of nitrogens with zero attached hydrogens (tertiary/aromatic N) is 3. The Morgan fingerprint density at radius 2 is 1.94 bits per heavy atom. The van der Waals surface area contributed by atoms with Crippen LogP contribution in [0.2, 0.25) is 0 Å². The fourth-order valence-corrected chi connectivity index (χ4v) is 1.92. The molecule has 0 unspecified atom stereocenters. The number of nitriles is 1. The molecule has 2 aromatic rings. The molecule has 0 aliphatic carbocycles. The van der Waals surface area contributed by atoms with Crippen molar-refractivity contribution in [2.75, 3.05) is 0 Å². The van der Waals surface area contributed by atoms with Crippen LogP contribution in [0.1, 0.15) is 16.8 Å². The van der Waals surface area contributed by atoms with Crippen LogP contribution in [0, 0.1) is 28.7 Å². The normalized spacial score (nSPS) is 9.89. The van der Waals surface area contributed by atoms with Crippen molar-refractivity contribution >= 4 is 22.6 Å². The summed E-state index contributed by atoms with van der Waals surface area (Å²) in [7, 11) is 0. The monoisotopic (exact) mass is 351 g/mol. The molecule has 18 heavy (non-hydrogen) atoms. The highest BCUT2D eigenvalue weighted by Gasteiger charge is 2.13. The minimum atomic E-state index is 0.254. The van der Waals surface area contributed by atoms with Gasteiger partial charge >= 0.3 is 0 Å². The zero-order valence-corrected chi connectivity index (χ0v) is 12.1. The third-order valence-electron chi connectivity index (χ3n) is 2.58. The van der Waals surface area contributed by atoms with Crippen LogP contribution in [0.4, 0.5) is 0 Å². The lowest BCUT2D eigenvalue weighted by Gasteiger charge is -2.09. The quantitative estimate of drug-likeness (QED) is 0.779. The number of hydrogen-bond acceptors (Lipinski definition) is 4. The van der Waals surface area contributed by atoms with E-state index < -0.39 is 0 Å². The van der Waals surface area contributed by atoms with Crippen molar-refractivity contribution in [3.05, 3.63) is 44.7 Å². The summed E-state index contributed by atoms with van der Waals surface area (Å²) in [6.45, 7) is 3.66. The molecule has 90 valence electrons. The van der Waals surface area contributed by atoms with Gasteiger partial charge in [-0.1, -0.05) is 12.1 Å². The van der Waals surface area contributed by atoms with Crippen LogP contribution in [0.5, 0.6) is 11.6 Å². The molecule has 0 atom stereocenters. The molecular formula is C13H10IN3O. The molecule has 0 aliphatic rings. The number of benzene rings is 1. The Morgan fingerprint density at radius 1 is 1.22 bits per heavy atom. The van der Waals surface area contributed by atoms with Crippen molar-refractivity contribution in [3.8, 4) is 17.7 Å². The SMILES string of the molecule is Cc1nnc(Oc2ccccc2I)c(C#N)c1C. The Morgan fingerprint density at radius 3 is 2.61 bits per heavy atom. The molecule has 0 aliphatic heterocycles. The summed E-state index contributed by atoms with van der Waals surface area (Å²) in [4.78, 5) is 0. The van der Waals surface area contributed by atoms with E-state index in [9.17, 15) is 5.26 Å². The molecule has 0 N–H and O–H groups in total. The van der Waals surface area contributed by atoms with Crippen LogP contribution in [0.3, 0.4) is 0 Å². The molecule has 4 nitrogen and oxygen atoms in total. The largest absolute Gasteiger partial charge is 0.435 e. The van der Waals surface area contributed by atoms with Gasteiger partial charge in [-0.3, -0.25) is 0 Å². The predicted molar refractivity (Wildman–Crippen MR) is 75.5 cm³/mol. The zero-order valence-electron chi connectivity index (χ0n) is 9.94. The molecule has 0 spiro atoms. The zero-order chi connectivity index (χ0) is 13.1. The van der Waals surface area contributed by atoms with Crippen LogP contribution in [-0.4, -0.2) is 10.2 Å². The van der Waals surface area contributed by atoms with Gasteiger partial charge in [0.2, 0.25) is 0 Å². The minimum absolute atomic E-state index is 0.254. The third kappa shape index (κ3) is 2.43. The molecule has 0 bridgehead atoms. The number of rotatable bonds is 2. The molecule has 1 aromatic heterocycles. The van der Waals surface area contributed by atoms with Gasteiger partial charge in [0.15, 0.2) is 0 Å². The molecular weight excluding hydrogens is 341 g/mol. The van der Waals surface area contributed by atoms with Gasteiger partial charge in [-0.2, -0.15) is 10.4 Å². The van der Waals surface area contributed by atoms with E-state index in [0.29, 0.717) is 11.3 Å². The Bertz CT molecular complexity index is 635. The van der Waals surface area contributed by atoms with Crippen LogP contribution in [0.25, 0.3) is 0 Å². The lowest BCUT2D eigenvalue weighted by atomic mass is 10.1. The van der Waals surface area contributed by atoms with E-state index in [0.717, 1.165) is 14.8 Å². The van der Waals surface area contributed by atoms with E-state index >= 15 is 0 Å². The summed E-state index contributed by atoms with van der Waals surface area (Å²) in [5.74, 6) is 0.928. The molecule has 0 saturated heterocycles. The van der Waals surface area contributed by atoms with Crippen molar-refractivity contribution in [1.82, 2.24) is 10.2 Å². The second kappa shape index (κ2) is 5.31. The van der Waals surface area contributed by atoms with E-state index in [1.54, 1.807) is 0 Å². The van der Waals surface area contributed by atoms with Crippen LogP contribution >= 0.6 is 22.6 Å². The van der Waals surface area contributed by atoms with E-state index in [1.165, 1.54) is 0 Å². The fourth-order valence-electron chi connectivity index (χ4n) is 1.42. The molecule has 0 fully saturated rings. The topological polar surface area (TPSA) is 58.8 Å². The average molecular weight is 351 g/mol. The van der Waals surface area contributed by atoms with Gasteiger partial charge in [0.25, 0.3) is 5.88 Å². The number of halogens is 1. The lowest BCUT2D eigenvalue weighted by Crippen LogP contribution is -2.01. The maximum absolute atomic E-state index is 9.17. The molecule has 1 heterocycles. The highest BCUT2D eigenvalue weighted by atomic mass is 127. The number of para-hydroxylation sites is 1. The maximum Gasteiger partial charge on any atom is 0.257 e. The highest BCUT2D eigenvalue weighted by molar-refractivity contribution is 14.1. The number of hydrogen-bond donors (Lipinski definition) is 0. The van der Waals surface area contributed by atoms with Gasteiger partial charge in [-0.15, -0.1) is 5.10 Å². The summed E-state index contributed by atoms with van der Waals surface area (Å²) in [5.41, 5.74) is 1.97. The molecule has 0 radical (unpaired) electrons. The lowest BCUT2D eigenvalue weighted by molar-refractivity contribution is 0.449. The average Bonchev–Trinajstić information content (AvgIpc) is 2.37. The molecule has 2 rings (SSSR count). The number of aromatic nitrogens is 2. The van der Waals surface area contributed by atoms with Crippen LogP contribution < -0.4 is 4.74 Å². The Hall–Kier alpha value is -1.68. The van der Waals surface area contributed by atoms with Crippen LogP contribution in [-0.2, 0) is 0 Å². The summed E-state index contributed by atoms with van der Waals surface area (Å²) < 4.78 is 6.62. The standard InChI is InChI=1S/C13H10IN3O/c1-8-9(2)16-17-13(10(8)7-15)18-12-6-4-3-5-11(12)14/h3-6H,1-2H3. The Balaban J connectivity index is 2.45. The summed E-state index contributed by atoms with van der Waals surface area (Å²) >= 11 is 2.17. The van der Waals surface area contributed by atoms with Gasteiger partial charge < -0.3 is 4.74 Å². The molecule has 0 amide bonds. The van der Waals surface area contributed by atoms with Gasteiger partial charge in [-0.05, 0) is 54.1 Å². The van der Waals surface area contributed by atoms with Crippen LogP contribution in [0.15, 0.2) is 24.3 Å². The van der Waals surface area contributed by atoms with Crippen molar-refractivity contribution in [2.24, 2.45) is 0 Å². The second-order valence-corrected chi connectivity index (χ2v) is 4.90. The molecule has 5 heteroatoms. The van der Waals surface area contributed by atoms with E-state index in [1.807, 2.05) is 38.1 Å². The predicted octanol–water partition coefficient (Wildman–Crippen LogP) is 3.36. The van der Waals surface area contributed by atoms with E-state index in [4.69, 9.17) is 4.74 Å². The first-order valence-corrected chi connectivity index (χ1v) is 6.37. The summed E-state index contributed by atoms with van der Waals surface area (Å²) in [6.07, 6.45) is 0. The van der Waals surface area contributed by atoms with E-state index in [-0.39, 0.29) is 5.88 Å². The first kappa shape index (κ1) is 12.8. The van der Waals surface area contributed by atoms with Crippen molar-refractivity contribution < 1.29 is 4.74 Å².